The lowest BCUT2D eigenvalue weighted by atomic mass is 9.90. The molecule has 0 saturated carbocycles. The van der Waals surface area contributed by atoms with Crippen LogP contribution < -0.4 is 9.64 Å². The van der Waals surface area contributed by atoms with Crippen molar-refractivity contribution in [3.63, 3.8) is 0 Å². The van der Waals surface area contributed by atoms with Gasteiger partial charge in [-0.1, -0.05) is 0 Å². The summed E-state index contributed by atoms with van der Waals surface area (Å²) >= 11 is 0. The van der Waals surface area contributed by atoms with Gasteiger partial charge in [-0.25, -0.2) is 0 Å². The van der Waals surface area contributed by atoms with E-state index in [0.29, 0.717) is 17.9 Å². The molecule has 0 amide bonds. The van der Waals surface area contributed by atoms with Gasteiger partial charge in [0.1, 0.15) is 6.61 Å². The molecule has 21 heavy (non-hydrogen) atoms. The third kappa shape index (κ3) is 3.63. The Morgan fingerprint density at radius 1 is 1.29 bits per heavy atom. The number of piperidine rings is 1. The van der Waals surface area contributed by atoms with Crippen LogP contribution in [0.15, 0.2) is 12.4 Å². The predicted octanol–water partition coefficient (Wildman–Crippen LogP) is 1.24. The maximum atomic E-state index is 8.78. The first-order valence-corrected chi connectivity index (χ1v) is 7.79. The maximum absolute atomic E-state index is 8.78. The molecule has 3 heterocycles. The average Bonchev–Trinajstić information content (AvgIpc) is 3.08. The van der Waals surface area contributed by atoms with Gasteiger partial charge in [0.15, 0.2) is 5.82 Å². The number of aliphatic hydroxyl groups excluding tert-OH is 1. The summed E-state index contributed by atoms with van der Waals surface area (Å²) in [6.45, 7) is 3.14. The van der Waals surface area contributed by atoms with Crippen molar-refractivity contribution in [2.75, 3.05) is 37.8 Å². The molecule has 0 spiro atoms. The SMILES string of the molecule is OCCOc1cncc(N2CCC(C3CCCO3)CC2)n1. The van der Waals surface area contributed by atoms with Crippen molar-refractivity contribution in [3.05, 3.63) is 12.4 Å². The highest BCUT2D eigenvalue weighted by molar-refractivity contribution is 5.38. The van der Waals surface area contributed by atoms with Crippen LogP contribution in [-0.2, 0) is 4.74 Å². The third-order valence-corrected chi connectivity index (χ3v) is 4.30. The van der Waals surface area contributed by atoms with Gasteiger partial charge in [0, 0.05) is 19.7 Å². The molecular weight excluding hydrogens is 270 g/mol. The summed E-state index contributed by atoms with van der Waals surface area (Å²) in [6.07, 6.45) is 8.55. The minimum Gasteiger partial charge on any atom is -0.474 e. The quantitative estimate of drug-likeness (QED) is 0.881. The first-order valence-electron chi connectivity index (χ1n) is 7.79. The lowest BCUT2D eigenvalue weighted by Gasteiger charge is -2.34. The van der Waals surface area contributed by atoms with Gasteiger partial charge in [-0.2, -0.15) is 4.98 Å². The highest BCUT2D eigenvalue weighted by Gasteiger charge is 2.29. The van der Waals surface area contributed by atoms with E-state index in [1.54, 1.807) is 12.4 Å². The van der Waals surface area contributed by atoms with Crippen LogP contribution in [0.5, 0.6) is 5.88 Å². The third-order valence-electron chi connectivity index (χ3n) is 4.30. The molecule has 2 aliphatic heterocycles. The molecule has 1 aromatic heterocycles. The number of ether oxygens (including phenoxy) is 2. The predicted molar refractivity (Wildman–Crippen MR) is 78.5 cm³/mol. The van der Waals surface area contributed by atoms with Crippen molar-refractivity contribution in [3.8, 4) is 5.88 Å². The summed E-state index contributed by atoms with van der Waals surface area (Å²) in [7, 11) is 0. The Balaban J connectivity index is 1.56. The fourth-order valence-corrected chi connectivity index (χ4v) is 3.19. The molecule has 1 N–H and O–H groups in total. The monoisotopic (exact) mass is 293 g/mol. The number of nitrogens with zero attached hydrogens (tertiary/aromatic N) is 3. The number of aromatic nitrogens is 2. The van der Waals surface area contributed by atoms with Gasteiger partial charge >= 0.3 is 0 Å². The molecular formula is C15H23N3O3. The van der Waals surface area contributed by atoms with Gasteiger partial charge in [0.05, 0.1) is 25.1 Å². The molecule has 0 bridgehead atoms. The summed E-state index contributed by atoms with van der Waals surface area (Å²) in [6, 6.07) is 0. The molecule has 116 valence electrons. The molecule has 1 unspecified atom stereocenters. The molecule has 0 aliphatic carbocycles. The zero-order chi connectivity index (χ0) is 14.5. The Morgan fingerprint density at radius 2 is 2.14 bits per heavy atom. The highest BCUT2D eigenvalue weighted by atomic mass is 16.5. The lowest BCUT2D eigenvalue weighted by molar-refractivity contribution is 0.0531. The van der Waals surface area contributed by atoms with Crippen LogP contribution in [0.3, 0.4) is 0 Å². The zero-order valence-corrected chi connectivity index (χ0v) is 12.3. The Labute approximate surface area is 125 Å². The van der Waals surface area contributed by atoms with Crippen molar-refractivity contribution in [1.29, 1.82) is 0 Å². The molecule has 2 saturated heterocycles. The summed E-state index contributed by atoms with van der Waals surface area (Å²) in [5, 5.41) is 8.78. The van der Waals surface area contributed by atoms with Crippen molar-refractivity contribution >= 4 is 5.82 Å². The second kappa shape index (κ2) is 7.04. The van der Waals surface area contributed by atoms with Crippen LogP contribution in [0.4, 0.5) is 5.82 Å². The summed E-state index contributed by atoms with van der Waals surface area (Å²) in [5.74, 6) is 2.02. The molecule has 0 aromatic carbocycles. The number of hydrogen-bond donors (Lipinski definition) is 1. The van der Waals surface area contributed by atoms with Crippen molar-refractivity contribution in [1.82, 2.24) is 9.97 Å². The van der Waals surface area contributed by atoms with E-state index < -0.39 is 0 Å². The maximum Gasteiger partial charge on any atom is 0.234 e. The van der Waals surface area contributed by atoms with E-state index in [4.69, 9.17) is 14.6 Å². The van der Waals surface area contributed by atoms with Gasteiger partial charge in [0.25, 0.3) is 0 Å². The van der Waals surface area contributed by atoms with E-state index in [2.05, 4.69) is 14.9 Å². The van der Waals surface area contributed by atoms with Gasteiger partial charge in [-0.05, 0) is 31.6 Å². The largest absolute Gasteiger partial charge is 0.474 e. The van der Waals surface area contributed by atoms with Crippen LogP contribution in [0.1, 0.15) is 25.7 Å². The summed E-state index contributed by atoms with van der Waals surface area (Å²) < 4.78 is 11.1. The number of aliphatic hydroxyl groups is 1. The number of anilines is 1. The minimum absolute atomic E-state index is 0.0152. The van der Waals surface area contributed by atoms with E-state index in [9.17, 15) is 0 Å². The second-order valence-corrected chi connectivity index (χ2v) is 5.66. The molecule has 1 aromatic rings. The standard InChI is InChI=1S/C15H23N3O3/c19-7-9-21-15-11-16-10-14(17-15)18-5-3-12(4-6-18)13-2-1-8-20-13/h10-13,19H,1-9H2. The van der Waals surface area contributed by atoms with Crippen molar-refractivity contribution in [2.24, 2.45) is 5.92 Å². The highest BCUT2D eigenvalue weighted by Crippen LogP contribution is 2.30. The summed E-state index contributed by atoms with van der Waals surface area (Å²) in [5.41, 5.74) is 0. The molecule has 2 aliphatic rings. The zero-order valence-electron chi connectivity index (χ0n) is 12.3. The fraction of sp³-hybridized carbons (Fsp3) is 0.733. The van der Waals surface area contributed by atoms with E-state index >= 15 is 0 Å². The topological polar surface area (TPSA) is 67.7 Å². The fourth-order valence-electron chi connectivity index (χ4n) is 3.19. The van der Waals surface area contributed by atoms with Gasteiger partial charge < -0.3 is 19.5 Å². The van der Waals surface area contributed by atoms with Crippen LogP contribution in [0, 0.1) is 5.92 Å². The molecule has 1 atom stereocenters. The van der Waals surface area contributed by atoms with E-state index in [-0.39, 0.29) is 13.2 Å². The lowest BCUT2D eigenvalue weighted by Crippen LogP contribution is -2.38. The van der Waals surface area contributed by atoms with E-state index in [0.717, 1.165) is 38.4 Å². The molecule has 6 nitrogen and oxygen atoms in total. The van der Waals surface area contributed by atoms with E-state index in [1.807, 2.05) is 0 Å². The number of rotatable bonds is 5. The minimum atomic E-state index is -0.0152. The van der Waals surface area contributed by atoms with Crippen LogP contribution in [-0.4, -0.2) is 54.1 Å². The first-order chi connectivity index (χ1) is 10.4. The Morgan fingerprint density at radius 3 is 2.86 bits per heavy atom. The Bertz CT molecular complexity index is 444. The van der Waals surface area contributed by atoms with E-state index in [1.165, 1.54) is 12.8 Å². The number of hydrogen-bond acceptors (Lipinski definition) is 6. The molecule has 6 heteroatoms. The second-order valence-electron chi connectivity index (χ2n) is 5.66. The van der Waals surface area contributed by atoms with Gasteiger partial charge in [-0.3, -0.25) is 4.98 Å². The van der Waals surface area contributed by atoms with Crippen LogP contribution >= 0.6 is 0 Å². The van der Waals surface area contributed by atoms with Gasteiger partial charge in [0.2, 0.25) is 5.88 Å². The molecule has 3 rings (SSSR count). The Kier molecular flexibility index (Phi) is 4.87. The van der Waals surface area contributed by atoms with Crippen molar-refractivity contribution < 1.29 is 14.6 Å². The summed E-state index contributed by atoms with van der Waals surface area (Å²) in [4.78, 5) is 10.9. The normalized spacial score (nSPS) is 23.5. The van der Waals surface area contributed by atoms with Crippen LogP contribution in [0.2, 0.25) is 0 Å². The Hall–Kier alpha value is -1.40. The molecule has 2 fully saturated rings. The molecule has 0 radical (unpaired) electrons. The van der Waals surface area contributed by atoms with Crippen LogP contribution in [0.25, 0.3) is 0 Å². The smallest absolute Gasteiger partial charge is 0.234 e. The van der Waals surface area contributed by atoms with Gasteiger partial charge in [-0.15, -0.1) is 0 Å². The van der Waals surface area contributed by atoms with Crippen molar-refractivity contribution in [2.45, 2.75) is 31.8 Å². The average molecular weight is 293 g/mol. The first kappa shape index (κ1) is 14.5.